The number of ether oxygens (including phenoxy) is 1. The standard InChI is InChI=1S/C20H20N2O4S3/c1-14-5-6-16(21-19(23)13-28-20-4-3-11-27-20)12-18(14)29(24,25)22-15-7-9-17(26-2)10-8-15/h3-12,22H,13H2,1-2H3,(H,21,23). The smallest absolute Gasteiger partial charge is 0.262 e. The first-order valence-corrected chi connectivity index (χ1v) is 12.0. The molecule has 29 heavy (non-hydrogen) atoms. The number of methoxy groups -OCH3 is 1. The van der Waals surface area contributed by atoms with E-state index < -0.39 is 10.0 Å². The van der Waals surface area contributed by atoms with Crippen molar-refractivity contribution < 1.29 is 17.9 Å². The van der Waals surface area contributed by atoms with Crippen LogP contribution in [0.25, 0.3) is 0 Å². The maximum atomic E-state index is 12.8. The van der Waals surface area contributed by atoms with Gasteiger partial charge in [-0.25, -0.2) is 8.42 Å². The lowest BCUT2D eigenvalue weighted by molar-refractivity contribution is -0.113. The van der Waals surface area contributed by atoms with E-state index in [1.807, 2.05) is 17.5 Å². The van der Waals surface area contributed by atoms with Crippen molar-refractivity contribution in [1.29, 1.82) is 0 Å². The Balaban J connectivity index is 1.72. The van der Waals surface area contributed by atoms with Gasteiger partial charge >= 0.3 is 0 Å². The van der Waals surface area contributed by atoms with Crippen LogP contribution in [0, 0.1) is 6.92 Å². The topological polar surface area (TPSA) is 84.5 Å². The first-order valence-electron chi connectivity index (χ1n) is 8.61. The van der Waals surface area contributed by atoms with E-state index in [-0.39, 0.29) is 16.6 Å². The molecule has 3 rings (SSSR count). The highest BCUT2D eigenvalue weighted by atomic mass is 32.2. The molecule has 0 saturated carbocycles. The minimum atomic E-state index is -3.82. The highest BCUT2D eigenvalue weighted by molar-refractivity contribution is 8.01. The van der Waals surface area contributed by atoms with E-state index in [1.54, 1.807) is 61.8 Å². The van der Waals surface area contributed by atoms with E-state index in [4.69, 9.17) is 4.74 Å². The van der Waals surface area contributed by atoms with E-state index in [1.165, 1.54) is 17.8 Å². The van der Waals surface area contributed by atoms with Crippen LogP contribution in [0.1, 0.15) is 5.56 Å². The third-order valence-corrected chi connectivity index (χ3v) is 7.60. The van der Waals surface area contributed by atoms with Gasteiger partial charge in [-0.2, -0.15) is 0 Å². The van der Waals surface area contributed by atoms with Crippen LogP contribution in [0.5, 0.6) is 5.75 Å². The lowest BCUT2D eigenvalue weighted by atomic mass is 10.2. The molecule has 3 aromatic rings. The molecule has 0 aliphatic heterocycles. The Morgan fingerprint density at radius 1 is 1.10 bits per heavy atom. The van der Waals surface area contributed by atoms with Crippen LogP contribution in [0.4, 0.5) is 11.4 Å². The predicted molar refractivity (Wildman–Crippen MR) is 119 cm³/mol. The Bertz CT molecular complexity index is 1080. The maximum absolute atomic E-state index is 12.8. The Labute approximate surface area is 178 Å². The normalized spacial score (nSPS) is 11.1. The van der Waals surface area contributed by atoms with Crippen LogP contribution in [0.2, 0.25) is 0 Å². The number of thiophene rings is 1. The van der Waals surface area contributed by atoms with Crippen molar-refractivity contribution in [3.8, 4) is 5.75 Å². The Kier molecular flexibility index (Phi) is 6.83. The van der Waals surface area contributed by atoms with Gasteiger partial charge in [0.1, 0.15) is 5.75 Å². The average molecular weight is 449 g/mol. The molecule has 0 fully saturated rings. The summed E-state index contributed by atoms with van der Waals surface area (Å²) in [7, 11) is -2.27. The highest BCUT2D eigenvalue weighted by Gasteiger charge is 2.18. The summed E-state index contributed by atoms with van der Waals surface area (Å²) in [6, 6.07) is 15.3. The van der Waals surface area contributed by atoms with Crippen LogP contribution in [0.3, 0.4) is 0 Å². The summed E-state index contributed by atoms with van der Waals surface area (Å²) >= 11 is 3.01. The zero-order valence-corrected chi connectivity index (χ0v) is 18.3. The molecule has 0 radical (unpaired) electrons. The third-order valence-electron chi connectivity index (χ3n) is 3.94. The van der Waals surface area contributed by atoms with Crippen molar-refractivity contribution in [1.82, 2.24) is 0 Å². The molecule has 0 aliphatic rings. The number of anilines is 2. The summed E-state index contributed by atoms with van der Waals surface area (Å²) in [5.74, 6) is 0.689. The molecule has 0 spiro atoms. The summed E-state index contributed by atoms with van der Waals surface area (Å²) in [4.78, 5) is 12.3. The second-order valence-electron chi connectivity index (χ2n) is 6.08. The number of sulfonamides is 1. The second kappa shape index (κ2) is 9.34. The molecule has 9 heteroatoms. The number of aryl methyl sites for hydroxylation is 1. The van der Waals surface area contributed by atoms with E-state index in [0.717, 1.165) is 4.21 Å². The van der Waals surface area contributed by atoms with Gasteiger partial charge in [-0.15, -0.1) is 23.1 Å². The Morgan fingerprint density at radius 2 is 1.83 bits per heavy atom. The van der Waals surface area contributed by atoms with E-state index in [0.29, 0.717) is 22.7 Å². The molecular weight excluding hydrogens is 428 g/mol. The van der Waals surface area contributed by atoms with E-state index in [2.05, 4.69) is 10.0 Å². The third kappa shape index (κ3) is 5.75. The molecule has 1 amide bonds. The molecule has 1 aromatic heterocycles. The van der Waals surface area contributed by atoms with Gasteiger partial charge in [-0.1, -0.05) is 12.1 Å². The molecule has 0 unspecified atom stereocenters. The van der Waals surface area contributed by atoms with E-state index in [9.17, 15) is 13.2 Å². The fourth-order valence-corrected chi connectivity index (χ4v) is 5.43. The Hall–Kier alpha value is -2.49. The molecule has 0 aliphatic carbocycles. The summed E-state index contributed by atoms with van der Waals surface area (Å²) in [5.41, 5.74) is 1.44. The van der Waals surface area contributed by atoms with Gasteiger partial charge in [0.05, 0.1) is 22.0 Å². The number of thioether (sulfide) groups is 1. The van der Waals surface area contributed by atoms with Crippen molar-refractivity contribution in [3.63, 3.8) is 0 Å². The molecule has 6 nitrogen and oxygen atoms in total. The quantitative estimate of drug-likeness (QED) is 0.492. The predicted octanol–water partition coefficient (Wildman–Crippen LogP) is 4.60. The monoisotopic (exact) mass is 448 g/mol. The highest BCUT2D eigenvalue weighted by Crippen LogP contribution is 2.26. The van der Waals surface area contributed by atoms with Gasteiger partial charge < -0.3 is 10.1 Å². The van der Waals surface area contributed by atoms with Crippen molar-refractivity contribution >= 4 is 50.4 Å². The number of rotatable bonds is 8. The number of hydrogen-bond acceptors (Lipinski definition) is 6. The largest absolute Gasteiger partial charge is 0.497 e. The molecule has 0 bridgehead atoms. The summed E-state index contributed by atoms with van der Waals surface area (Å²) in [5, 5.41) is 4.71. The average Bonchev–Trinajstić information content (AvgIpc) is 3.22. The zero-order valence-electron chi connectivity index (χ0n) is 15.8. The fourth-order valence-electron chi connectivity index (χ4n) is 2.52. The first-order chi connectivity index (χ1) is 13.9. The lowest BCUT2D eigenvalue weighted by Gasteiger charge is -2.13. The number of hydrogen-bond donors (Lipinski definition) is 2. The van der Waals surface area contributed by atoms with Crippen LogP contribution < -0.4 is 14.8 Å². The minimum absolute atomic E-state index is 0.108. The number of nitrogens with one attached hydrogen (secondary N) is 2. The fraction of sp³-hybridized carbons (Fsp3) is 0.150. The van der Waals surface area contributed by atoms with Gasteiger partial charge in [0, 0.05) is 11.4 Å². The molecule has 0 atom stereocenters. The van der Waals surface area contributed by atoms with Gasteiger partial charge in [0.15, 0.2) is 0 Å². The van der Waals surface area contributed by atoms with Gasteiger partial charge in [0.25, 0.3) is 10.0 Å². The SMILES string of the molecule is COc1ccc(NS(=O)(=O)c2cc(NC(=O)CSc3cccs3)ccc2C)cc1. The van der Waals surface area contributed by atoms with Crippen molar-refractivity contribution in [3.05, 3.63) is 65.5 Å². The molecule has 1 heterocycles. The minimum Gasteiger partial charge on any atom is -0.497 e. The number of amides is 1. The molecule has 2 aromatic carbocycles. The number of carbonyl (C=O) groups is 1. The lowest BCUT2D eigenvalue weighted by Crippen LogP contribution is -2.17. The van der Waals surface area contributed by atoms with Gasteiger partial charge in [-0.3, -0.25) is 9.52 Å². The van der Waals surface area contributed by atoms with E-state index >= 15 is 0 Å². The van der Waals surface area contributed by atoms with Crippen LogP contribution in [0.15, 0.2) is 69.1 Å². The summed E-state index contributed by atoms with van der Waals surface area (Å²) < 4.78 is 34.4. The second-order valence-corrected chi connectivity index (χ2v) is 9.96. The number of carbonyl (C=O) groups excluding carboxylic acids is 1. The molecule has 2 N–H and O–H groups in total. The first kappa shape index (κ1) is 21.2. The van der Waals surface area contributed by atoms with Crippen molar-refractivity contribution in [2.75, 3.05) is 22.9 Å². The van der Waals surface area contributed by atoms with Crippen LogP contribution in [-0.4, -0.2) is 27.2 Å². The maximum Gasteiger partial charge on any atom is 0.262 e. The molecule has 152 valence electrons. The van der Waals surface area contributed by atoms with Gasteiger partial charge in [0.2, 0.25) is 5.91 Å². The summed E-state index contributed by atoms with van der Waals surface area (Å²) in [6.45, 7) is 1.71. The Morgan fingerprint density at radius 3 is 2.48 bits per heavy atom. The van der Waals surface area contributed by atoms with Crippen LogP contribution in [-0.2, 0) is 14.8 Å². The van der Waals surface area contributed by atoms with Crippen LogP contribution >= 0.6 is 23.1 Å². The molecular formula is C20H20N2O4S3. The van der Waals surface area contributed by atoms with Crippen molar-refractivity contribution in [2.24, 2.45) is 0 Å². The molecule has 0 saturated heterocycles. The zero-order chi connectivity index (χ0) is 20.9. The number of benzene rings is 2. The van der Waals surface area contributed by atoms with Crippen molar-refractivity contribution in [2.45, 2.75) is 16.0 Å². The summed E-state index contributed by atoms with van der Waals surface area (Å²) in [6.07, 6.45) is 0. The van der Waals surface area contributed by atoms with Gasteiger partial charge in [-0.05, 0) is 60.3 Å².